The molecule has 0 aliphatic rings. The molecule has 0 radical (unpaired) electrons. The maximum Gasteiger partial charge on any atom is 0.265 e. The van der Waals surface area contributed by atoms with Gasteiger partial charge in [-0.3, -0.25) is 4.79 Å². The summed E-state index contributed by atoms with van der Waals surface area (Å²) in [6, 6.07) is 18.7. The number of aromatic nitrogens is 1. The van der Waals surface area contributed by atoms with E-state index in [0.29, 0.717) is 16.5 Å². The molecule has 1 N–H and O–H groups in total. The summed E-state index contributed by atoms with van der Waals surface area (Å²) in [7, 11) is 0. The van der Waals surface area contributed by atoms with Crippen molar-refractivity contribution in [3.8, 4) is 11.6 Å². The number of nitrogens with zero attached hydrogens (tertiary/aromatic N) is 2. The molecule has 0 spiro atoms. The molecule has 0 amide bonds. The van der Waals surface area contributed by atoms with E-state index < -0.39 is 22.9 Å². The third kappa shape index (κ3) is 2.95. The van der Waals surface area contributed by atoms with Crippen LogP contribution in [-0.4, -0.2) is 15.9 Å². The van der Waals surface area contributed by atoms with Gasteiger partial charge in [0.05, 0.1) is 11.3 Å². The molecule has 0 saturated carbocycles. The molecular formula is C22H14F2N2O2. The number of aliphatic imine (C=N–C) groups is 1. The molecule has 28 heavy (non-hydrogen) atoms. The van der Waals surface area contributed by atoms with E-state index in [2.05, 4.69) is 4.99 Å². The maximum atomic E-state index is 13.9. The lowest BCUT2D eigenvalue weighted by molar-refractivity contribution is 0.436. The normalized spacial score (nSPS) is 11.4. The van der Waals surface area contributed by atoms with Crippen molar-refractivity contribution in [3.05, 3.63) is 100 Å². The standard InChI is InChI=1S/C22H14F2N2O2/c23-18-11-6-12-19(24)20(18)25-13-17-15-9-4-5-10-16(15)21(27)26(22(17)28)14-7-2-1-3-8-14/h1-13,28H. The zero-order chi connectivity index (χ0) is 19.7. The highest BCUT2D eigenvalue weighted by molar-refractivity contribution is 6.02. The first-order valence-corrected chi connectivity index (χ1v) is 8.48. The molecule has 1 aromatic heterocycles. The van der Waals surface area contributed by atoms with Gasteiger partial charge in [-0.2, -0.15) is 0 Å². The van der Waals surface area contributed by atoms with Crippen LogP contribution >= 0.6 is 0 Å². The summed E-state index contributed by atoms with van der Waals surface area (Å²) in [5, 5.41) is 11.6. The molecular weight excluding hydrogens is 362 g/mol. The summed E-state index contributed by atoms with van der Waals surface area (Å²) in [5.41, 5.74) is -0.235. The number of fused-ring (bicyclic) bond motifs is 1. The first kappa shape index (κ1) is 17.6. The number of aromatic hydroxyl groups is 1. The average molecular weight is 376 g/mol. The lowest BCUT2D eigenvalue weighted by atomic mass is 10.1. The number of benzene rings is 3. The fourth-order valence-electron chi connectivity index (χ4n) is 3.05. The summed E-state index contributed by atoms with van der Waals surface area (Å²) >= 11 is 0. The number of rotatable bonds is 3. The Morgan fingerprint density at radius 1 is 0.821 bits per heavy atom. The first-order valence-electron chi connectivity index (χ1n) is 8.48. The highest BCUT2D eigenvalue weighted by atomic mass is 19.1. The van der Waals surface area contributed by atoms with E-state index in [9.17, 15) is 18.7 Å². The van der Waals surface area contributed by atoms with Crippen molar-refractivity contribution in [1.29, 1.82) is 0 Å². The van der Waals surface area contributed by atoms with Gasteiger partial charge >= 0.3 is 0 Å². The summed E-state index contributed by atoms with van der Waals surface area (Å²) < 4.78 is 28.9. The zero-order valence-electron chi connectivity index (χ0n) is 14.5. The Kier molecular flexibility index (Phi) is 4.45. The summed E-state index contributed by atoms with van der Waals surface area (Å²) in [6.07, 6.45) is 1.16. The first-order chi connectivity index (χ1) is 13.6. The van der Waals surface area contributed by atoms with Gasteiger partial charge in [0, 0.05) is 17.0 Å². The van der Waals surface area contributed by atoms with Crippen LogP contribution in [0.5, 0.6) is 5.88 Å². The van der Waals surface area contributed by atoms with Gasteiger partial charge in [0.2, 0.25) is 5.88 Å². The van der Waals surface area contributed by atoms with E-state index in [4.69, 9.17) is 0 Å². The van der Waals surface area contributed by atoms with Gasteiger partial charge in [-0.05, 0) is 30.3 Å². The number of para-hydroxylation sites is 2. The predicted molar refractivity (Wildman–Crippen MR) is 105 cm³/mol. The predicted octanol–water partition coefficient (Wildman–Crippen LogP) is 4.73. The molecule has 138 valence electrons. The molecule has 0 atom stereocenters. The van der Waals surface area contributed by atoms with Gasteiger partial charge in [0.15, 0.2) is 11.6 Å². The molecule has 0 aliphatic carbocycles. The van der Waals surface area contributed by atoms with Gasteiger partial charge in [0.25, 0.3) is 5.56 Å². The number of hydrogen-bond donors (Lipinski definition) is 1. The van der Waals surface area contributed by atoms with E-state index in [0.717, 1.165) is 22.9 Å². The van der Waals surface area contributed by atoms with E-state index in [-0.39, 0.29) is 11.4 Å². The monoisotopic (exact) mass is 376 g/mol. The molecule has 0 aliphatic heterocycles. The Labute approximate surface area is 158 Å². The van der Waals surface area contributed by atoms with Crippen LogP contribution < -0.4 is 5.56 Å². The molecule has 3 aromatic carbocycles. The van der Waals surface area contributed by atoms with Crippen LogP contribution in [0.4, 0.5) is 14.5 Å². The zero-order valence-corrected chi connectivity index (χ0v) is 14.5. The molecule has 0 unspecified atom stereocenters. The summed E-state index contributed by atoms with van der Waals surface area (Å²) in [6.45, 7) is 0. The van der Waals surface area contributed by atoms with Gasteiger partial charge in [-0.1, -0.05) is 42.5 Å². The Hall–Kier alpha value is -3.80. The number of hydrogen-bond acceptors (Lipinski definition) is 3. The van der Waals surface area contributed by atoms with Crippen molar-refractivity contribution in [1.82, 2.24) is 4.57 Å². The van der Waals surface area contributed by atoms with Gasteiger partial charge in [-0.25, -0.2) is 18.3 Å². The fourth-order valence-corrected chi connectivity index (χ4v) is 3.05. The second kappa shape index (κ2) is 7.08. The molecule has 4 nitrogen and oxygen atoms in total. The molecule has 0 saturated heterocycles. The minimum atomic E-state index is -0.823. The average Bonchev–Trinajstić information content (AvgIpc) is 2.70. The Morgan fingerprint density at radius 3 is 2.11 bits per heavy atom. The van der Waals surface area contributed by atoms with Crippen molar-refractivity contribution in [3.63, 3.8) is 0 Å². The van der Waals surface area contributed by atoms with Gasteiger partial charge in [0.1, 0.15) is 5.69 Å². The fraction of sp³-hybridized carbons (Fsp3) is 0. The van der Waals surface area contributed by atoms with Crippen molar-refractivity contribution in [2.45, 2.75) is 0 Å². The number of halogens is 2. The van der Waals surface area contributed by atoms with Crippen molar-refractivity contribution < 1.29 is 13.9 Å². The minimum absolute atomic E-state index is 0.182. The van der Waals surface area contributed by atoms with Crippen LogP contribution in [0.1, 0.15) is 5.56 Å². The Bertz CT molecular complexity index is 1240. The van der Waals surface area contributed by atoms with Crippen LogP contribution in [0.3, 0.4) is 0 Å². The molecule has 0 bridgehead atoms. The van der Waals surface area contributed by atoms with E-state index >= 15 is 0 Å². The van der Waals surface area contributed by atoms with Crippen LogP contribution in [0.15, 0.2) is 82.6 Å². The lowest BCUT2D eigenvalue weighted by Crippen LogP contribution is -2.20. The van der Waals surface area contributed by atoms with E-state index in [1.54, 1.807) is 54.6 Å². The number of pyridine rings is 1. The molecule has 1 heterocycles. The largest absolute Gasteiger partial charge is 0.494 e. The second-order valence-electron chi connectivity index (χ2n) is 6.09. The van der Waals surface area contributed by atoms with Crippen molar-refractivity contribution >= 4 is 22.7 Å². The topological polar surface area (TPSA) is 54.6 Å². The maximum absolute atomic E-state index is 13.9. The van der Waals surface area contributed by atoms with Crippen molar-refractivity contribution in [2.24, 2.45) is 4.99 Å². The second-order valence-corrected chi connectivity index (χ2v) is 6.09. The molecule has 0 fully saturated rings. The summed E-state index contributed by atoms with van der Waals surface area (Å²) in [4.78, 5) is 16.8. The molecule has 4 rings (SSSR count). The van der Waals surface area contributed by atoms with Crippen LogP contribution in [-0.2, 0) is 0 Å². The van der Waals surface area contributed by atoms with Crippen LogP contribution in [0.2, 0.25) is 0 Å². The van der Waals surface area contributed by atoms with Gasteiger partial charge < -0.3 is 5.11 Å². The quantitative estimate of drug-likeness (QED) is 0.526. The highest BCUT2D eigenvalue weighted by Crippen LogP contribution is 2.27. The Morgan fingerprint density at radius 2 is 1.43 bits per heavy atom. The smallest absolute Gasteiger partial charge is 0.265 e. The van der Waals surface area contributed by atoms with Crippen LogP contribution in [0, 0.1) is 11.6 Å². The Balaban J connectivity index is 2.01. The molecule has 6 heteroatoms. The SMILES string of the molecule is O=c1c2ccccc2c(C=Nc2c(F)cccc2F)c(O)n1-c1ccccc1. The van der Waals surface area contributed by atoms with Crippen molar-refractivity contribution in [2.75, 3.05) is 0 Å². The third-order valence-corrected chi connectivity index (χ3v) is 4.38. The highest BCUT2D eigenvalue weighted by Gasteiger charge is 2.16. The lowest BCUT2D eigenvalue weighted by Gasteiger charge is -2.13. The molecule has 4 aromatic rings. The van der Waals surface area contributed by atoms with E-state index in [1.165, 1.54) is 6.07 Å². The summed E-state index contributed by atoms with van der Waals surface area (Å²) in [5.74, 6) is -2.01. The van der Waals surface area contributed by atoms with Gasteiger partial charge in [-0.15, -0.1) is 0 Å². The van der Waals surface area contributed by atoms with E-state index in [1.807, 2.05) is 0 Å². The minimum Gasteiger partial charge on any atom is -0.494 e. The van der Waals surface area contributed by atoms with Crippen LogP contribution in [0.25, 0.3) is 16.5 Å². The third-order valence-electron chi connectivity index (χ3n) is 4.38.